The van der Waals surface area contributed by atoms with Crippen molar-refractivity contribution in [1.82, 2.24) is 0 Å². The summed E-state index contributed by atoms with van der Waals surface area (Å²) in [7, 11) is 0. The van der Waals surface area contributed by atoms with Crippen molar-refractivity contribution < 1.29 is 5.11 Å². The van der Waals surface area contributed by atoms with E-state index in [1.54, 1.807) is 6.92 Å². The summed E-state index contributed by atoms with van der Waals surface area (Å²) in [6.07, 6.45) is -0.396. The first-order valence-corrected chi connectivity index (χ1v) is 4.53. The molecule has 13 heavy (non-hydrogen) atoms. The molecule has 70 valence electrons. The van der Waals surface area contributed by atoms with E-state index >= 15 is 0 Å². The highest BCUT2D eigenvalue weighted by molar-refractivity contribution is 5.70. The lowest BCUT2D eigenvalue weighted by Gasteiger charge is -2.12. The molecular weight excluding hydrogens is 160 g/mol. The summed E-state index contributed by atoms with van der Waals surface area (Å²) in [5.41, 5.74) is 3.30. The molecule has 0 saturated heterocycles. The second kappa shape index (κ2) is 4.24. The van der Waals surface area contributed by atoms with Gasteiger partial charge >= 0.3 is 0 Å². The van der Waals surface area contributed by atoms with Crippen LogP contribution in [0.1, 0.15) is 26.3 Å². The smallest absolute Gasteiger partial charge is 0.0767 e. The molecule has 0 aliphatic carbocycles. The Morgan fingerprint density at radius 3 is 2.08 bits per heavy atom. The molecule has 0 amide bonds. The van der Waals surface area contributed by atoms with Gasteiger partial charge in [-0.15, -0.1) is 0 Å². The molecule has 1 nitrogen and oxygen atoms in total. The first-order valence-electron chi connectivity index (χ1n) is 4.53. The van der Waals surface area contributed by atoms with Crippen LogP contribution in [0.4, 0.5) is 0 Å². The highest BCUT2D eigenvalue weighted by Gasteiger charge is 2.08. The molecule has 0 spiro atoms. The summed E-state index contributed by atoms with van der Waals surface area (Å²) >= 11 is 0. The molecule has 0 bridgehead atoms. The van der Waals surface area contributed by atoms with Crippen molar-refractivity contribution in [1.29, 1.82) is 0 Å². The summed E-state index contributed by atoms with van der Waals surface area (Å²) in [6, 6.07) is 10.00. The SMILES string of the molecule is CC(C)=C(c1ccccc1)C(C)O. The Hall–Kier alpha value is -1.08. The molecule has 1 unspecified atom stereocenters. The number of rotatable bonds is 2. The monoisotopic (exact) mass is 176 g/mol. The first-order chi connectivity index (χ1) is 6.13. The fourth-order valence-electron chi connectivity index (χ4n) is 1.57. The summed E-state index contributed by atoms with van der Waals surface area (Å²) in [5.74, 6) is 0. The van der Waals surface area contributed by atoms with Crippen LogP contribution in [-0.4, -0.2) is 11.2 Å². The molecule has 1 heteroatoms. The molecule has 1 N–H and O–H groups in total. The number of aliphatic hydroxyl groups is 1. The van der Waals surface area contributed by atoms with Crippen molar-refractivity contribution in [2.75, 3.05) is 0 Å². The van der Waals surface area contributed by atoms with Crippen LogP contribution in [0, 0.1) is 0 Å². The van der Waals surface area contributed by atoms with Crippen molar-refractivity contribution in [2.24, 2.45) is 0 Å². The van der Waals surface area contributed by atoms with E-state index in [2.05, 4.69) is 0 Å². The summed E-state index contributed by atoms with van der Waals surface area (Å²) in [6.45, 7) is 5.85. The fourth-order valence-corrected chi connectivity index (χ4v) is 1.57. The summed E-state index contributed by atoms with van der Waals surface area (Å²) in [5, 5.41) is 9.58. The molecule has 0 aliphatic rings. The van der Waals surface area contributed by atoms with Gasteiger partial charge in [-0.2, -0.15) is 0 Å². The van der Waals surface area contributed by atoms with Crippen LogP contribution in [0.25, 0.3) is 5.57 Å². The Balaban J connectivity index is 3.12. The number of allylic oxidation sites excluding steroid dienone is 1. The molecule has 0 radical (unpaired) electrons. The van der Waals surface area contributed by atoms with Crippen LogP contribution in [-0.2, 0) is 0 Å². The summed E-state index contributed by atoms with van der Waals surface area (Å²) in [4.78, 5) is 0. The lowest BCUT2D eigenvalue weighted by molar-refractivity contribution is 0.252. The third kappa shape index (κ3) is 2.43. The maximum Gasteiger partial charge on any atom is 0.0767 e. The average molecular weight is 176 g/mol. The van der Waals surface area contributed by atoms with Gasteiger partial charge in [0.25, 0.3) is 0 Å². The molecule has 0 fully saturated rings. The molecule has 1 rings (SSSR count). The minimum absolute atomic E-state index is 0.396. The van der Waals surface area contributed by atoms with Crippen LogP contribution >= 0.6 is 0 Å². The minimum Gasteiger partial charge on any atom is -0.389 e. The fraction of sp³-hybridized carbons (Fsp3) is 0.333. The van der Waals surface area contributed by atoms with Gasteiger partial charge in [0.2, 0.25) is 0 Å². The second-order valence-electron chi connectivity index (χ2n) is 3.46. The van der Waals surface area contributed by atoms with Crippen LogP contribution in [0.2, 0.25) is 0 Å². The van der Waals surface area contributed by atoms with Crippen LogP contribution in [0.3, 0.4) is 0 Å². The third-order valence-corrected chi connectivity index (χ3v) is 2.04. The average Bonchev–Trinajstić information content (AvgIpc) is 2.04. The number of benzene rings is 1. The van der Waals surface area contributed by atoms with E-state index in [0.717, 1.165) is 11.1 Å². The highest BCUT2D eigenvalue weighted by Crippen LogP contribution is 2.21. The molecule has 1 atom stereocenters. The molecule has 0 aliphatic heterocycles. The molecule has 1 aromatic rings. The van der Waals surface area contributed by atoms with Gasteiger partial charge in [-0.1, -0.05) is 35.9 Å². The Morgan fingerprint density at radius 1 is 1.15 bits per heavy atom. The maximum absolute atomic E-state index is 9.58. The molecule has 1 aromatic carbocycles. The van der Waals surface area contributed by atoms with Gasteiger partial charge in [0.1, 0.15) is 0 Å². The number of hydrogen-bond donors (Lipinski definition) is 1. The highest BCUT2D eigenvalue weighted by atomic mass is 16.3. The Morgan fingerprint density at radius 2 is 1.69 bits per heavy atom. The number of hydrogen-bond acceptors (Lipinski definition) is 1. The van der Waals surface area contributed by atoms with E-state index in [4.69, 9.17) is 0 Å². The quantitative estimate of drug-likeness (QED) is 0.734. The predicted octanol–water partition coefficient (Wildman–Crippen LogP) is 2.86. The van der Waals surface area contributed by atoms with E-state index in [0.29, 0.717) is 0 Å². The van der Waals surface area contributed by atoms with Crippen LogP contribution in [0.15, 0.2) is 35.9 Å². The molecule has 0 heterocycles. The van der Waals surface area contributed by atoms with E-state index in [1.165, 1.54) is 5.57 Å². The summed E-state index contributed by atoms with van der Waals surface area (Å²) < 4.78 is 0. The van der Waals surface area contributed by atoms with E-state index in [9.17, 15) is 5.11 Å². The zero-order valence-corrected chi connectivity index (χ0v) is 8.41. The molecule has 0 aromatic heterocycles. The van der Waals surface area contributed by atoms with Gasteiger partial charge in [-0.25, -0.2) is 0 Å². The van der Waals surface area contributed by atoms with E-state index < -0.39 is 6.10 Å². The van der Waals surface area contributed by atoms with Gasteiger partial charge in [0.05, 0.1) is 6.10 Å². The van der Waals surface area contributed by atoms with Crippen molar-refractivity contribution in [3.05, 3.63) is 41.5 Å². The second-order valence-corrected chi connectivity index (χ2v) is 3.46. The van der Waals surface area contributed by atoms with Crippen LogP contribution < -0.4 is 0 Å². The largest absolute Gasteiger partial charge is 0.389 e. The Bertz CT molecular complexity index is 292. The topological polar surface area (TPSA) is 20.2 Å². The normalized spacial score (nSPS) is 12.3. The Kier molecular flexibility index (Phi) is 3.26. The van der Waals surface area contributed by atoms with Gasteiger partial charge in [-0.3, -0.25) is 0 Å². The van der Waals surface area contributed by atoms with E-state index in [-0.39, 0.29) is 0 Å². The van der Waals surface area contributed by atoms with Gasteiger partial charge in [0, 0.05) is 0 Å². The maximum atomic E-state index is 9.58. The third-order valence-electron chi connectivity index (χ3n) is 2.04. The zero-order valence-electron chi connectivity index (χ0n) is 8.41. The van der Waals surface area contributed by atoms with Gasteiger partial charge in [-0.05, 0) is 31.9 Å². The predicted molar refractivity (Wildman–Crippen MR) is 56.4 cm³/mol. The van der Waals surface area contributed by atoms with Crippen molar-refractivity contribution in [3.63, 3.8) is 0 Å². The van der Waals surface area contributed by atoms with Gasteiger partial charge in [0.15, 0.2) is 0 Å². The standard InChI is InChI=1S/C12H16O/c1-9(2)12(10(3)13)11-7-5-4-6-8-11/h4-8,10,13H,1-3H3. The first kappa shape index (κ1) is 10.0. The molecular formula is C12H16O. The minimum atomic E-state index is -0.396. The zero-order chi connectivity index (χ0) is 9.84. The number of aliphatic hydroxyl groups excluding tert-OH is 1. The molecule has 0 saturated carbocycles. The van der Waals surface area contributed by atoms with Gasteiger partial charge < -0.3 is 5.11 Å². The Labute approximate surface area is 79.7 Å². The van der Waals surface area contributed by atoms with Crippen molar-refractivity contribution in [2.45, 2.75) is 26.9 Å². The van der Waals surface area contributed by atoms with E-state index in [1.807, 2.05) is 44.2 Å². The van der Waals surface area contributed by atoms with Crippen molar-refractivity contribution >= 4 is 5.57 Å². The van der Waals surface area contributed by atoms with Crippen LogP contribution in [0.5, 0.6) is 0 Å². The van der Waals surface area contributed by atoms with Crippen molar-refractivity contribution in [3.8, 4) is 0 Å². The lowest BCUT2D eigenvalue weighted by Crippen LogP contribution is -2.05. The lowest BCUT2D eigenvalue weighted by atomic mass is 9.97.